The number of aryl methyl sites for hydroxylation is 2. The van der Waals surface area contributed by atoms with E-state index in [4.69, 9.17) is 35.8 Å². The predicted molar refractivity (Wildman–Crippen MR) is 111 cm³/mol. The van der Waals surface area contributed by atoms with Gasteiger partial charge in [0.15, 0.2) is 0 Å². The van der Waals surface area contributed by atoms with Gasteiger partial charge in [0, 0.05) is 12.2 Å². The number of hydrogen-bond donors (Lipinski definition) is 1. The van der Waals surface area contributed by atoms with E-state index in [0.29, 0.717) is 24.8 Å². The maximum atomic E-state index is 6.50. The highest BCUT2D eigenvalue weighted by atomic mass is 35.5. The summed E-state index contributed by atoms with van der Waals surface area (Å²) < 4.78 is 16.6. The molecule has 0 saturated carbocycles. The van der Waals surface area contributed by atoms with Crippen molar-refractivity contribution in [2.75, 3.05) is 32.2 Å². The Balaban J connectivity index is 1.96. The van der Waals surface area contributed by atoms with Crippen LogP contribution in [0.1, 0.15) is 32.2 Å². The minimum atomic E-state index is 0.0253. The second-order valence-electron chi connectivity index (χ2n) is 6.65. The lowest BCUT2D eigenvalue weighted by Gasteiger charge is -2.22. The summed E-state index contributed by atoms with van der Waals surface area (Å²) in [6, 6.07) is 5.70. The van der Waals surface area contributed by atoms with E-state index in [9.17, 15) is 0 Å². The van der Waals surface area contributed by atoms with Gasteiger partial charge in [0.05, 0.1) is 48.5 Å². The molecule has 6 nitrogen and oxygen atoms in total. The standard InChI is InChI=1S/C21H28ClN3O3/c1-5-16-20(14-9-8-13(26-4)10-15(14)22)23-17(6-2)21(24-16)25-18-11-27-12-19(18)28-7-3/h8-10,18-19H,5-7,11-12H2,1-4H3,(H,24,25)/t18-,19+/m1/s1. The van der Waals surface area contributed by atoms with E-state index in [1.54, 1.807) is 13.2 Å². The first-order valence-electron chi connectivity index (χ1n) is 9.80. The van der Waals surface area contributed by atoms with Crippen molar-refractivity contribution < 1.29 is 14.2 Å². The van der Waals surface area contributed by atoms with Gasteiger partial charge in [-0.05, 0) is 38.0 Å². The smallest absolute Gasteiger partial charge is 0.148 e. The van der Waals surface area contributed by atoms with Crippen LogP contribution in [0.3, 0.4) is 0 Å². The van der Waals surface area contributed by atoms with E-state index in [-0.39, 0.29) is 12.1 Å². The molecule has 1 saturated heterocycles. The van der Waals surface area contributed by atoms with Crippen LogP contribution in [-0.4, -0.2) is 49.0 Å². The van der Waals surface area contributed by atoms with E-state index < -0.39 is 0 Å². The number of nitrogens with zero attached hydrogens (tertiary/aromatic N) is 2. The molecule has 0 spiro atoms. The number of aromatic nitrogens is 2. The molecule has 2 aromatic rings. The second kappa shape index (κ2) is 9.54. The first kappa shape index (κ1) is 20.8. The predicted octanol–water partition coefficient (Wildman–Crippen LogP) is 4.15. The average molecular weight is 406 g/mol. The highest BCUT2D eigenvalue weighted by molar-refractivity contribution is 6.33. The SMILES string of the molecule is CCO[C@H]1COC[C@H]1Nc1nc(CC)c(-c2ccc(OC)cc2Cl)nc1CC. The number of halogens is 1. The Bertz CT molecular complexity index is 816. The molecule has 0 radical (unpaired) electrons. The Labute approximate surface area is 171 Å². The lowest BCUT2D eigenvalue weighted by molar-refractivity contribution is 0.0478. The summed E-state index contributed by atoms with van der Waals surface area (Å²) in [6.07, 6.45) is 1.53. The van der Waals surface area contributed by atoms with Gasteiger partial charge in [-0.2, -0.15) is 0 Å². The van der Waals surface area contributed by atoms with Crippen LogP contribution in [0.15, 0.2) is 18.2 Å². The van der Waals surface area contributed by atoms with Gasteiger partial charge in [-0.15, -0.1) is 0 Å². The summed E-state index contributed by atoms with van der Waals surface area (Å²) in [4.78, 5) is 9.84. The van der Waals surface area contributed by atoms with Gasteiger partial charge < -0.3 is 19.5 Å². The fourth-order valence-electron chi connectivity index (χ4n) is 3.37. The molecular weight excluding hydrogens is 378 g/mol. The molecule has 1 aliphatic heterocycles. The van der Waals surface area contributed by atoms with Crippen molar-refractivity contribution in [1.29, 1.82) is 0 Å². The molecule has 0 bridgehead atoms. The lowest BCUT2D eigenvalue weighted by atomic mass is 10.1. The molecule has 2 heterocycles. The van der Waals surface area contributed by atoms with Gasteiger partial charge in [-0.1, -0.05) is 25.4 Å². The van der Waals surface area contributed by atoms with Crippen LogP contribution < -0.4 is 10.1 Å². The molecule has 2 atom stereocenters. The summed E-state index contributed by atoms with van der Waals surface area (Å²) in [5.41, 5.74) is 3.49. The van der Waals surface area contributed by atoms with Gasteiger partial charge in [0.1, 0.15) is 17.7 Å². The van der Waals surface area contributed by atoms with Crippen molar-refractivity contribution >= 4 is 17.4 Å². The van der Waals surface area contributed by atoms with Gasteiger partial charge in [0.2, 0.25) is 0 Å². The third kappa shape index (κ3) is 4.40. The third-order valence-corrected chi connectivity index (χ3v) is 5.19. The van der Waals surface area contributed by atoms with E-state index in [2.05, 4.69) is 19.2 Å². The molecule has 3 rings (SSSR count). The molecule has 1 aromatic carbocycles. The number of hydrogen-bond acceptors (Lipinski definition) is 6. The van der Waals surface area contributed by atoms with Crippen molar-refractivity contribution in [2.45, 2.75) is 45.8 Å². The molecule has 1 fully saturated rings. The van der Waals surface area contributed by atoms with Crippen molar-refractivity contribution in [3.8, 4) is 17.0 Å². The largest absolute Gasteiger partial charge is 0.497 e. The zero-order valence-corrected chi connectivity index (χ0v) is 17.7. The lowest BCUT2D eigenvalue weighted by Crippen LogP contribution is -2.35. The van der Waals surface area contributed by atoms with Crippen LogP contribution >= 0.6 is 11.6 Å². The summed E-state index contributed by atoms with van der Waals surface area (Å²) >= 11 is 6.50. The summed E-state index contributed by atoms with van der Waals surface area (Å²) in [5, 5.41) is 4.11. The molecule has 1 N–H and O–H groups in total. The van der Waals surface area contributed by atoms with Crippen molar-refractivity contribution in [3.63, 3.8) is 0 Å². The fourth-order valence-corrected chi connectivity index (χ4v) is 3.63. The molecule has 152 valence electrons. The van der Waals surface area contributed by atoms with E-state index in [1.165, 1.54) is 0 Å². The van der Waals surface area contributed by atoms with E-state index >= 15 is 0 Å². The number of methoxy groups -OCH3 is 1. The minimum Gasteiger partial charge on any atom is -0.497 e. The second-order valence-corrected chi connectivity index (χ2v) is 7.06. The molecule has 1 aromatic heterocycles. The van der Waals surface area contributed by atoms with Crippen LogP contribution in [0, 0.1) is 0 Å². The molecule has 0 amide bonds. The minimum absolute atomic E-state index is 0.0253. The summed E-state index contributed by atoms with van der Waals surface area (Å²) in [7, 11) is 1.63. The summed E-state index contributed by atoms with van der Waals surface area (Å²) in [6.45, 7) is 8.00. The molecule has 1 aliphatic rings. The zero-order chi connectivity index (χ0) is 20.1. The number of nitrogens with one attached hydrogen (secondary N) is 1. The molecule has 28 heavy (non-hydrogen) atoms. The first-order chi connectivity index (χ1) is 13.6. The Morgan fingerprint density at radius 2 is 1.93 bits per heavy atom. The van der Waals surface area contributed by atoms with Gasteiger partial charge in [0.25, 0.3) is 0 Å². The Morgan fingerprint density at radius 3 is 2.57 bits per heavy atom. The maximum absolute atomic E-state index is 6.50. The topological polar surface area (TPSA) is 65.5 Å². The molecule has 0 aliphatic carbocycles. The quantitative estimate of drug-likeness (QED) is 0.711. The van der Waals surface area contributed by atoms with Gasteiger partial charge in [-0.3, -0.25) is 0 Å². The van der Waals surface area contributed by atoms with Crippen LogP contribution in [0.25, 0.3) is 11.3 Å². The fraction of sp³-hybridized carbons (Fsp3) is 0.524. The average Bonchev–Trinajstić information content (AvgIpc) is 3.14. The number of rotatable bonds is 8. The third-order valence-electron chi connectivity index (χ3n) is 4.87. The Kier molecular flexibility index (Phi) is 7.10. The van der Waals surface area contributed by atoms with Crippen molar-refractivity contribution in [1.82, 2.24) is 9.97 Å². The van der Waals surface area contributed by atoms with Crippen molar-refractivity contribution in [2.24, 2.45) is 0 Å². The van der Waals surface area contributed by atoms with Gasteiger partial charge >= 0.3 is 0 Å². The zero-order valence-electron chi connectivity index (χ0n) is 16.9. The summed E-state index contributed by atoms with van der Waals surface area (Å²) in [5.74, 6) is 1.52. The molecule has 0 unspecified atom stereocenters. The van der Waals surface area contributed by atoms with Gasteiger partial charge in [-0.25, -0.2) is 9.97 Å². The molecule has 7 heteroatoms. The Morgan fingerprint density at radius 1 is 1.14 bits per heavy atom. The normalized spacial score (nSPS) is 19.0. The molecular formula is C21H28ClN3O3. The number of benzene rings is 1. The maximum Gasteiger partial charge on any atom is 0.148 e. The highest BCUT2D eigenvalue weighted by Crippen LogP contribution is 2.33. The number of ether oxygens (including phenoxy) is 3. The number of anilines is 1. The monoisotopic (exact) mass is 405 g/mol. The van der Waals surface area contributed by atoms with Crippen LogP contribution in [0.2, 0.25) is 5.02 Å². The first-order valence-corrected chi connectivity index (χ1v) is 10.2. The van der Waals surface area contributed by atoms with Crippen molar-refractivity contribution in [3.05, 3.63) is 34.6 Å². The van der Waals surface area contributed by atoms with Crippen LogP contribution in [-0.2, 0) is 22.3 Å². The van der Waals surface area contributed by atoms with Crippen LogP contribution in [0.4, 0.5) is 5.82 Å². The Hall–Kier alpha value is -1.89. The van der Waals surface area contributed by atoms with Crippen LogP contribution in [0.5, 0.6) is 5.75 Å². The van der Waals surface area contributed by atoms with E-state index in [0.717, 1.165) is 47.1 Å². The highest BCUT2D eigenvalue weighted by Gasteiger charge is 2.30. The van der Waals surface area contributed by atoms with E-state index in [1.807, 2.05) is 19.1 Å².